The van der Waals surface area contributed by atoms with Crippen molar-refractivity contribution >= 4 is 11.6 Å². The molecule has 18 heavy (non-hydrogen) atoms. The molecule has 0 aliphatic heterocycles. The fourth-order valence-corrected chi connectivity index (χ4v) is 1.68. The predicted molar refractivity (Wildman–Crippen MR) is 74.5 cm³/mol. The van der Waals surface area contributed by atoms with Crippen LogP contribution in [0.25, 0.3) is 0 Å². The molecular weight excluding hydrogens is 246 g/mol. The number of halogens is 1. The van der Waals surface area contributed by atoms with Crippen molar-refractivity contribution in [1.82, 2.24) is 4.98 Å². The summed E-state index contributed by atoms with van der Waals surface area (Å²) in [6.07, 6.45) is 1.57. The van der Waals surface area contributed by atoms with Crippen molar-refractivity contribution < 1.29 is 4.74 Å². The van der Waals surface area contributed by atoms with Crippen LogP contribution < -0.4 is 4.74 Å². The van der Waals surface area contributed by atoms with Crippen molar-refractivity contribution in [2.45, 2.75) is 26.2 Å². The second-order valence-corrected chi connectivity index (χ2v) is 5.63. The van der Waals surface area contributed by atoms with Crippen molar-refractivity contribution in [3.63, 3.8) is 0 Å². The molecule has 2 nitrogen and oxygen atoms in total. The summed E-state index contributed by atoms with van der Waals surface area (Å²) in [4.78, 5) is 4.11. The van der Waals surface area contributed by atoms with Gasteiger partial charge in [-0.3, -0.25) is 0 Å². The minimum Gasteiger partial charge on any atom is -0.439 e. The molecular formula is C15H16ClNO. The average Bonchev–Trinajstić information content (AvgIpc) is 2.31. The molecule has 3 heteroatoms. The smallest absolute Gasteiger partial charge is 0.219 e. The summed E-state index contributed by atoms with van der Waals surface area (Å²) in [7, 11) is 0. The van der Waals surface area contributed by atoms with Crippen molar-refractivity contribution in [3.05, 3.63) is 53.2 Å². The molecule has 0 aliphatic rings. The summed E-state index contributed by atoms with van der Waals surface area (Å²) < 4.78 is 5.70. The highest BCUT2D eigenvalue weighted by Gasteiger charge is 2.14. The maximum absolute atomic E-state index is 5.78. The standard InChI is InChI=1S/C15H16ClNO/c1-15(2,3)11-5-4-6-13(9-11)18-14-8-7-12(16)10-17-14/h4-10H,1-3H3. The Bertz CT molecular complexity index is 529. The van der Waals surface area contributed by atoms with Crippen LogP contribution in [-0.4, -0.2) is 4.98 Å². The van der Waals surface area contributed by atoms with E-state index in [9.17, 15) is 0 Å². The Morgan fingerprint density at radius 2 is 1.89 bits per heavy atom. The predicted octanol–water partition coefficient (Wildman–Crippen LogP) is 4.82. The van der Waals surface area contributed by atoms with E-state index >= 15 is 0 Å². The second-order valence-electron chi connectivity index (χ2n) is 5.19. The Kier molecular flexibility index (Phi) is 3.58. The lowest BCUT2D eigenvalue weighted by Gasteiger charge is -2.19. The normalized spacial score (nSPS) is 11.3. The van der Waals surface area contributed by atoms with Crippen molar-refractivity contribution in [2.24, 2.45) is 0 Å². The van der Waals surface area contributed by atoms with Crippen LogP contribution >= 0.6 is 11.6 Å². The third kappa shape index (κ3) is 3.23. The van der Waals surface area contributed by atoms with E-state index < -0.39 is 0 Å². The first-order valence-electron chi connectivity index (χ1n) is 5.85. The molecule has 0 atom stereocenters. The molecule has 0 aliphatic carbocycles. The number of rotatable bonds is 2. The Morgan fingerprint density at radius 1 is 1.11 bits per heavy atom. The van der Waals surface area contributed by atoms with Crippen molar-refractivity contribution in [3.8, 4) is 11.6 Å². The highest BCUT2D eigenvalue weighted by Crippen LogP contribution is 2.27. The molecule has 0 radical (unpaired) electrons. The van der Waals surface area contributed by atoms with Crippen LogP contribution in [0.5, 0.6) is 11.6 Å². The van der Waals surface area contributed by atoms with Crippen LogP contribution in [0.3, 0.4) is 0 Å². The molecule has 1 aromatic carbocycles. The zero-order chi connectivity index (χ0) is 13.2. The summed E-state index contributed by atoms with van der Waals surface area (Å²) in [5, 5.41) is 0.603. The Morgan fingerprint density at radius 3 is 2.50 bits per heavy atom. The van der Waals surface area contributed by atoms with E-state index in [-0.39, 0.29) is 5.41 Å². The Balaban J connectivity index is 2.22. The number of hydrogen-bond acceptors (Lipinski definition) is 2. The van der Waals surface area contributed by atoms with Crippen molar-refractivity contribution in [2.75, 3.05) is 0 Å². The van der Waals surface area contributed by atoms with Gasteiger partial charge in [-0.15, -0.1) is 0 Å². The molecule has 2 rings (SSSR count). The van der Waals surface area contributed by atoms with Gasteiger partial charge in [-0.05, 0) is 29.2 Å². The van der Waals surface area contributed by atoms with E-state index in [1.165, 1.54) is 5.56 Å². The molecule has 0 fully saturated rings. The molecule has 0 unspecified atom stereocenters. The monoisotopic (exact) mass is 261 g/mol. The number of ether oxygens (including phenoxy) is 1. The lowest BCUT2D eigenvalue weighted by molar-refractivity contribution is 0.460. The van der Waals surface area contributed by atoms with Gasteiger partial charge in [0, 0.05) is 12.3 Å². The molecule has 0 amide bonds. The molecule has 0 spiro atoms. The fourth-order valence-electron chi connectivity index (χ4n) is 1.57. The van der Waals surface area contributed by atoms with Crippen molar-refractivity contribution in [1.29, 1.82) is 0 Å². The highest BCUT2D eigenvalue weighted by atomic mass is 35.5. The number of hydrogen-bond donors (Lipinski definition) is 0. The molecule has 0 bridgehead atoms. The average molecular weight is 262 g/mol. The van der Waals surface area contributed by atoms with Gasteiger partial charge >= 0.3 is 0 Å². The zero-order valence-electron chi connectivity index (χ0n) is 10.8. The van der Waals surface area contributed by atoms with E-state index in [0.717, 1.165) is 5.75 Å². The number of pyridine rings is 1. The maximum atomic E-state index is 5.78. The van der Waals surface area contributed by atoms with Crippen LogP contribution in [0.2, 0.25) is 5.02 Å². The quantitative estimate of drug-likeness (QED) is 0.773. The van der Waals surface area contributed by atoms with Gasteiger partial charge in [-0.2, -0.15) is 0 Å². The van der Waals surface area contributed by atoms with E-state index in [4.69, 9.17) is 16.3 Å². The first kappa shape index (κ1) is 12.9. The van der Waals surface area contributed by atoms with Gasteiger partial charge in [0.15, 0.2) is 0 Å². The molecule has 94 valence electrons. The summed E-state index contributed by atoms with van der Waals surface area (Å²) >= 11 is 5.78. The second kappa shape index (κ2) is 4.99. The van der Waals surface area contributed by atoms with E-state index in [2.05, 4.69) is 31.8 Å². The van der Waals surface area contributed by atoms with Crippen LogP contribution in [0.1, 0.15) is 26.3 Å². The van der Waals surface area contributed by atoms with Gasteiger partial charge in [0.05, 0.1) is 5.02 Å². The van der Waals surface area contributed by atoms with Crippen LogP contribution in [-0.2, 0) is 5.41 Å². The molecule has 1 aromatic heterocycles. The number of benzene rings is 1. The molecule has 0 saturated heterocycles. The van der Waals surface area contributed by atoms with Gasteiger partial charge in [0.25, 0.3) is 0 Å². The van der Waals surface area contributed by atoms with Gasteiger partial charge < -0.3 is 4.74 Å². The van der Waals surface area contributed by atoms with Crippen LogP contribution in [0, 0.1) is 0 Å². The molecule has 1 heterocycles. The van der Waals surface area contributed by atoms with E-state index in [1.807, 2.05) is 18.2 Å². The topological polar surface area (TPSA) is 22.1 Å². The van der Waals surface area contributed by atoms with Crippen LogP contribution in [0.15, 0.2) is 42.6 Å². The van der Waals surface area contributed by atoms with Gasteiger partial charge in [-0.1, -0.05) is 44.5 Å². The van der Waals surface area contributed by atoms with Gasteiger partial charge in [0.1, 0.15) is 5.75 Å². The number of aromatic nitrogens is 1. The zero-order valence-corrected chi connectivity index (χ0v) is 11.5. The third-order valence-corrected chi connectivity index (χ3v) is 2.85. The molecule has 2 aromatic rings. The summed E-state index contributed by atoms with van der Waals surface area (Å²) in [6.45, 7) is 6.52. The summed E-state index contributed by atoms with van der Waals surface area (Å²) in [5.41, 5.74) is 1.33. The van der Waals surface area contributed by atoms with Gasteiger partial charge in [-0.25, -0.2) is 4.98 Å². The largest absolute Gasteiger partial charge is 0.439 e. The van der Waals surface area contributed by atoms with Crippen LogP contribution in [0.4, 0.5) is 0 Å². The first-order chi connectivity index (χ1) is 8.45. The Hall–Kier alpha value is -1.54. The summed E-state index contributed by atoms with van der Waals surface area (Å²) in [5.74, 6) is 1.34. The lowest BCUT2D eigenvalue weighted by atomic mass is 9.87. The highest BCUT2D eigenvalue weighted by molar-refractivity contribution is 6.30. The maximum Gasteiger partial charge on any atom is 0.219 e. The Labute approximate surface area is 113 Å². The summed E-state index contributed by atoms with van der Waals surface area (Å²) in [6, 6.07) is 11.6. The minimum absolute atomic E-state index is 0.104. The minimum atomic E-state index is 0.104. The van der Waals surface area contributed by atoms with Gasteiger partial charge in [0.2, 0.25) is 5.88 Å². The fraction of sp³-hybridized carbons (Fsp3) is 0.267. The van der Waals surface area contributed by atoms with E-state index in [1.54, 1.807) is 18.3 Å². The lowest BCUT2D eigenvalue weighted by Crippen LogP contribution is -2.10. The number of nitrogens with zero attached hydrogens (tertiary/aromatic N) is 1. The molecule has 0 saturated carbocycles. The van der Waals surface area contributed by atoms with E-state index in [0.29, 0.717) is 10.9 Å². The first-order valence-corrected chi connectivity index (χ1v) is 6.23. The SMILES string of the molecule is CC(C)(C)c1cccc(Oc2ccc(Cl)cn2)c1. The third-order valence-electron chi connectivity index (χ3n) is 2.62. The molecule has 0 N–H and O–H groups in total.